The van der Waals surface area contributed by atoms with Gasteiger partial charge in [0, 0.05) is 17.8 Å². The van der Waals surface area contributed by atoms with Crippen LogP contribution in [0.15, 0.2) is 77.7 Å². The summed E-state index contributed by atoms with van der Waals surface area (Å²) in [4.78, 5) is 31.9. The predicted molar refractivity (Wildman–Crippen MR) is 136 cm³/mol. The summed E-state index contributed by atoms with van der Waals surface area (Å²) in [6, 6.07) is 16.2. The molecule has 9 nitrogen and oxygen atoms in total. The van der Waals surface area contributed by atoms with Crippen molar-refractivity contribution < 1.29 is 17.9 Å². The summed E-state index contributed by atoms with van der Waals surface area (Å²) in [6.07, 6.45) is -2.81. The minimum Gasteiger partial charge on any atom is -0.436 e. The summed E-state index contributed by atoms with van der Waals surface area (Å²) < 4.78 is 45.3. The van der Waals surface area contributed by atoms with Gasteiger partial charge in [0.15, 0.2) is 11.6 Å². The Kier molecular flexibility index (Phi) is 6.37. The van der Waals surface area contributed by atoms with Crippen LogP contribution in [0.2, 0.25) is 0 Å². The number of benzene rings is 2. The number of aromatic nitrogens is 5. The van der Waals surface area contributed by atoms with Crippen LogP contribution in [-0.2, 0) is 6.18 Å². The molecule has 0 amide bonds. The molecule has 0 aliphatic carbocycles. The maximum absolute atomic E-state index is 13.1. The number of aromatic amines is 1. The highest BCUT2D eigenvalue weighted by molar-refractivity contribution is 5.82. The molecule has 0 radical (unpaired) electrons. The van der Waals surface area contributed by atoms with E-state index in [4.69, 9.17) is 10.5 Å². The van der Waals surface area contributed by atoms with Gasteiger partial charge in [-0.2, -0.15) is 18.2 Å². The first-order chi connectivity index (χ1) is 18.2. The fourth-order valence-electron chi connectivity index (χ4n) is 3.71. The van der Waals surface area contributed by atoms with Gasteiger partial charge in [0.1, 0.15) is 5.52 Å². The Morgan fingerprint density at radius 3 is 2.50 bits per heavy atom. The highest BCUT2D eigenvalue weighted by Crippen LogP contribution is 2.33. The number of nitrogens with zero attached hydrogens (tertiary/aromatic N) is 4. The third-order valence-electron chi connectivity index (χ3n) is 5.61. The molecular weight excluding hydrogens is 499 g/mol. The third kappa shape index (κ3) is 5.24. The lowest BCUT2D eigenvalue weighted by molar-refractivity contribution is -0.137. The normalized spacial score (nSPS) is 12.3. The number of H-pyrrole nitrogens is 1. The Hall–Kier alpha value is -5.00. The molecule has 12 heteroatoms. The van der Waals surface area contributed by atoms with Crippen LogP contribution in [0.5, 0.6) is 11.6 Å². The molecule has 2 aromatic carbocycles. The van der Waals surface area contributed by atoms with Crippen molar-refractivity contribution in [3.05, 3.63) is 94.5 Å². The van der Waals surface area contributed by atoms with E-state index in [0.717, 1.165) is 17.8 Å². The second-order valence-electron chi connectivity index (χ2n) is 8.32. The van der Waals surface area contributed by atoms with E-state index in [9.17, 15) is 18.0 Å². The molecule has 3 heterocycles. The lowest BCUT2D eigenvalue weighted by atomic mass is 10.1. The zero-order valence-corrected chi connectivity index (χ0v) is 19.8. The van der Waals surface area contributed by atoms with Gasteiger partial charge in [0.05, 0.1) is 28.5 Å². The van der Waals surface area contributed by atoms with Gasteiger partial charge < -0.3 is 20.8 Å². The molecule has 0 fully saturated rings. The van der Waals surface area contributed by atoms with Crippen LogP contribution in [0.25, 0.3) is 22.3 Å². The van der Waals surface area contributed by atoms with Crippen molar-refractivity contribution in [1.29, 1.82) is 0 Å². The molecule has 4 N–H and O–H groups in total. The topological polar surface area (TPSA) is 132 Å². The van der Waals surface area contributed by atoms with Gasteiger partial charge in [-0.15, -0.1) is 0 Å². The molecule has 5 aromatic rings. The first-order valence-electron chi connectivity index (χ1n) is 11.4. The summed E-state index contributed by atoms with van der Waals surface area (Å²) >= 11 is 0. The minimum absolute atomic E-state index is 0.0877. The number of para-hydroxylation sites is 1. The smallest absolute Gasteiger partial charge is 0.416 e. The van der Waals surface area contributed by atoms with E-state index in [1.807, 2.05) is 19.1 Å². The maximum atomic E-state index is 13.1. The summed E-state index contributed by atoms with van der Waals surface area (Å²) in [7, 11) is 0. The third-order valence-corrected chi connectivity index (χ3v) is 5.61. The van der Waals surface area contributed by atoms with E-state index in [-0.39, 0.29) is 29.4 Å². The fraction of sp³-hybridized carbons (Fsp3) is 0.115. The Bertz CT molecular complexity index is 1660. The molecule has 0 aliphatic heterocycles. The van der Waals surface area contributed by atoms with Crippen molar-refractivity contribution in [1.82, 2.24) is 24.9 Å². The SMILES string of the molecule is C[C@H](Nc1nc(Oc2cccc3[nH]c(=O)c(N)nc23)cc(-c2ccc(C(F)(F)F)cc2)n1)c1ccccn1. The fourth-order valence-corrected chi connectivity index (χ4v) is 3.71. The van der Waals surface area contributed by atoms with Crippen LogP contribution in [0.4, 0.5) is 24.9 Å². The summed E-state index contributed by atoms with van der Waals surface area (Å²) in [6.45, 7) is 1.87. The molecule has 38 heavy (non-hydrogen) atoms. The van der Waals surface area contributed by atoms with Gasteiger partial charge in [-0.25, -0.2) is 9.97 Å². The second kappa shape index (κ2) is 9.81. The van der Waals surface area contributed by atoms with Crippen LogP contribution < -0.4 is 21.3 Å². The number of nitrogens with two attached hydrogens (primary N) is 1. The molecular formula is C26H20F3N7O2. The summed E-state index contributed by atoms with van der Waals surface area (Å²) in [5.41, 5.74) is 6.56. The van der Waals surface area contributed by atoms with E-state index in [1.54, 1.807) is 30.5 Å². The molecule has 0 saturated heterocycles. The van der Waals surface area contributed by atoms with E-state index in [1.165, 1.54) is 18.2 Å². The quantitative estimate of drug-likeness (QED) is 0.274. The van der Waals surface area contributed by atoms with Crippen molar-refractivity contribution in [2.24, 2.45) is 0 Å². The Morgan fingerprint density at radius 1 is 1.00 bits per heavy atom. The standard InChI is InChI=1S/C26H20F3N7O2/c1-14(17-5-2-3-12-31-17)32-25-34-19(15-8-10-16(11-9-15)26(27,28)29)13-21(35-25)38-20-7-4-6-18-22(20)36-23(30)24(37)33-18/h2-14H,1H3,(H2,30,36)(H,33,37)(H,32,34,35)/t14-/m0/s1. The minimum atomic E-state index is -4.46. The van der Waals surface area contributed by atoms with Crippen molar-refractivity contribution >= 4 is 22.8 Å². The summed E-state index contributed by atoms with van der Waals surface area (Å²) in [5.74, 6) is 0.279. The Balaban J connectivity index is 1.56. The van der Waals surface area contributed by atoms with Gasteiger partial charge in [-0.05, 0) is 43.3 Å². The largest absolute Gasteiger partial charge is 0.436 e. The van der Waals surface area contributed by atoms with Crippen LogP contribution in [0.3, 0.4) is 0 Å². The lowest BCUT2D eigenvalue weighted by Crippen LogP contribution is -2.14. The number of anilines is 2. The van der Waals surface area contributed by atoms with E-state index >= 15 is 0 Å². The molecule has 5 rings (SSSR count). The molecule has 0 unspecified atom stereocenters. The number of rotatable bonds is 6. The van der Waals surface area contributed by atoms with Crippen LogP contribution in [0, 0.1) is 0 Å². The van der Waals surface area contributed by atoms with Gasteiger partial charge in [-0.3, -0.25) is 9.78 Å². The maximum Gasteiger partial charge on any atom is 0.416 e. The van der Waals surface area contributed by atoms with Gasteiger partial charge >= 0.3 is 6.18 Å². The number of halogens is 3. The zero-order valence-electron chi connectivity index (χ0n) is 19.8. The van der Waals surface area contributed by atoms with Gasteiger partial charge in [0.2, 0.25) is 11.8 Å². The van der Waals surface area contributed by atoms with Crippen molar-refractivity contribution in [2.45, 2.75) is 19.1 Å². The van der Waals surface area contributed by atoms with Crippen molar-refractivity contribution in [2.75, 3.05) is 11.1 Å². The monoisotopic (exact) mass is 519 g/mol. The number of alkyl halides is 3. The molecule has 0 aliphatic rings. The number of nitrogens with one attached hydrogen (secondary N) is 2. The van der Waals surface area contributed by atoms with Crippen LogP contribution in [-0.4, -0.2) is 24.9 Å². The van der Waals surface area contributed by atoms with E-state index in [0.29, 0.717) is 22.3 Å². The lowest BCUT2D eigenvalue weighted by Gasteiger charge is -2.16. The number of hydrogen-bond donors (Lipinski definition) is 3. The predicted octanol–water partition coefficient (Wildman–Crippen LogP) is 5.34. The molecule has 1 atom stereocenters. The highest BCUT2D eigenvalue weighted by atomic mass is 19.4. The molecule has 0 spiro atoms. The molecule has 0 bridgehead atoms. The number of fused-ring (bicyclic) bond motifs is 1. The van der Waals surface area contributed by atoms with Gasteiger partial charge in [0.25, 0.3) is 5.56 Å². The van der Waals surface area contributed by atoms with E-state index in [2.05, 4.69) is 30.2 Å². The number of hydrogen-bond acceptors (Lipinski definition) is 8. The molecule has 3 aromatic heterocycles. The molecule has 0 saturated carbocycles. The van der Waals surface area contributed by atoms with Crippen molar-refractivity contribution in [3.8, 4) is 22.9 Å². The highest BCUT2D eigenvalue weighted by Gasteiger charge is 2.30. The van der Waals surface area contributed by atoms with E-state index < -0.39 is 17.3 Å². The average molecular weight is 519 g/mol. The average Bonchev–Trinajstić information content (AvgIpc) is 2.90. The number of nitrogen functional groups attached to an aromatic ring is 1. The van der Waals surface area contributed by atoms with Crippen molar-refractivity contribution in [3.63, 3.8) is 0 Å². The van der Waals surface area contributed by atoms with Gasteiger partial charge in [-0.1, -0.05) is 24.3 Å². The van der Waals surface area contributed by atoms with Crippen LogP contribution in [0.1, 0.15) is 24.2 Å². The number of ether oxygens (including phenoxy) is 1. The summed E-state index contributed by atoms with van der Waals surface area (Å²) in [5, 5.41) is 3.16. The number of pyridine rings is 1. The first-order valence-corrected chi connectivity index (χ1v) is 11.4. The second-order valence-corrected chi connectivity index (χ2v) is 8.32. The Labute approximate surface area is 213 Å². The van der Waals surface area contributed by atoms with Crippen LogP contribution >= 0.6 is 0 Å². The first kappa shape index (κ1) is 24.7. The molecule has 192 valence electrons. The zero-order chi connectivity index (χ0) is 26.9. The Morgan fingerprint density at radius 2 is 1.79 bits per heavy atom.